The fourth-order valence-corrected chi connectivity index (χ4v) is 2.55. The first-order valence-corrected chi connectivity index (χ1v) is 9.14. The van der Waals surface area contributed by atoms with Gasteiger partial charge in [0.1, 0.15) is 5.75 Å². The lowest BCUT2D eigenvalue weighted by Crippen LogP contribution is -2.22. The van der Waals surface area contributed by atoms with Crippen LogP contribution in [0.25, 0.3) is 0 Å². The predicted molar refractivity (Wildman–Crippen MR) is 106 cm³/mol. The minimum atomic E-state index is -0.437. The number of allylic oxidation sites excluding steroid dienone is 1. The van der Waals surface area contributed by atoms with Gasteiger partial charge in [0.15, 0.2) is 0 Å². The van der Waals surface area contributed by atoms with Crippen molar-refractivity contribution in [2.45, 2.75) is 26.3 Å². The monoisotopic (exact) mass is 378 g/mol. The number of hydrogen-bond acceptors (Lipinski definition) is 4. The zero-order valence-corrected chi connectivity index (χ0v) is 15.6. The van der Waals surface area contributed by atoms with Crippen LogP contribution in [0.4, 0.5) is 5.69 Å². The molecule has 0 aliphatic heterocycles. The Kier molecular flexibility index (Phi) is 6.22. The number of carbonyl (C=O) groups is 3. The summed E-state index contributed by atoms with van der Waals surface area (Å²) in [5.74, 6) is 0.0485. The van der Waals surface area contributed by atoms with Crippen LogP contribution in [-0.4, -0.2) is 17.8 Å². The van der Waals surface area contributed by atoms with E-state index in [0.717, 1.165) is 18.4 Å². The molecule has 1 aliphatic rings. The first kappa shape index (κ1) is 19.4. The fourth-order valence-electron chi connectivity index (χ4n) is 2.55. The molecule has 0 heterocycles. The van der Waals surface area contributed by atoms with Crippen LogP contribution in [0.2, 0.25) is 0 Å². The van der Waals surface area contributed by atoms with Crippen LogP contribution in [-0.2, 0) is 16.1 Å². The Morgan fingerprint density at radius 1 is 1.11 bits per heavy atom. The quantitative estimate of drug-likeness (QED) is 0.439. The van der Waals surface area contributed by atoms with E-state index in [1.54, 1.807) is 36.4 Å². The summed E-state index contributed by atoms with van der Waals surface area (Å²) in [6.07, 6.45) is 5.85. The van der Waals surface area contributed by atoms with Crippen LogP contribution < -0.4 is 15.4 Å². The number of benzene rings is 2. The summed E-state index contributed by atoms with van der Waals surface area (Å²) in [6, 6.07) is 13.7. The Balaban J connectivity index is 1.50. The molecular weight excluding hydrogens is 356 g/mol. The number of amides is 2. The Labute approximate surface area is 163 Å². The third kappa shape index (κ3) is 6.09. The highest BCUT2D eigenvalue weighted by Gasteiger charge is 2.17. The third-order valence-electron chi connectivity index (χ3n) is 4.17. The molecule has 0 radical (unpaired) electrons. The first-order chi connectivity index (χ1) is 13.5. The van der Waals surface area contributed by atoms with Crippen molar-refractivity contribution in [3.63, 3.8) is 0 Å². The lowest BCUT2D eigenvalue weighted by atomic mass is 10.1. The zero-order valence-electron chi connectivity index (χ0n) is 15.6. The Morgan fingerprint density at radius 2 is 1.86 bits per heavy atom. The SMILES string of the molecule is CC(=O)Oc1cccc(C(=O)NCc2ccc(NC(=O)/C=C/C3CC3)cc2)c1. The number of esters is 1. The zero-order chi connectivity index (χ0) is 19.9. The molecule has 1 fully saturated rings. The molecule has 0 atom stereocenters. The smallest absolute Gasteiger partial charge is 0.308 e. The van der Waals surface area contributed by atoms with E-state index in [1.165, 1.54) is 13.0 Å². The van der Waals surface area contributed by atoms with Crippen LogP contribution >= 0.6 is 0 Å². The van der Waals surface area contributed by atoms with Crippen molar-refractivity contribution in [1.82, 2.24) is 5.32 Å². The van der Waals surface area contributed by atoms with Crippen LogP contribution in [0.1, 0.15) is 35.7 Å². The maximum Gasteiger partial charge on any atom is 0.308 e. The molecular formula is C22H22N2O4. The van der Waals surface area contributed by atoms with Crippen LogP contribution in [0, 0.1) is 5.92 Å². The van der Waals surface area contributed by atoms with E-state index in [2.05, 4.69) is 10.6 Å². The predicted octanol–water partition coefficient (Wildman–Crippen LogP) is 3.45. The Hall–Kier alpha value is -3.41. The number of carbonyl (C=O) groups excluding carboxylic acids is 3. The van der Waals surface area contributed by atoms with Gasteiger partial charge in [-0.15, -0.1) is 0 Å². The number of anilines is 1. The van der Waals surface area contributed by atoms with Crippen molar-refractivity contribution >= 4 is 23.5 Å². The molecule has 0 spiro atoms. The van der Waals surface area contributed by atoms with E-state index in [-0.39, 0.29) is 11.8 Å². The molecule has 6 heteroatoms. The molecule has 1 aliphatic carbocycles. The molecule has 2 N–H and O–H groups in total. The first-order valence-electron chi connectivity index (χ1n) is 9.14. The molecule has 1 saturated carbocycles. The van der Waals surface area contributed by atoms with Crippen molar-refractivity contribution in [2.75, 3.05) is 5.32 Å². The summed E-state index contributed by atoms with van der Waals surface area (Å²) in [5, 5.41) is 5.63. The van der Waals surface area contributed by atoms with Gasteiger partial charge in [-0.25, -0.2) is 0 Å². The van der Waals surface area contributed by atoms with Crippen LogP contribution in [0.15, 0.2) is 60.7 Å². The molecule has 2 aromatic rings. The molecule has 28 heavy (non-hydrogen) atoms. The van der Waals surface area contributed by atoms with Crippen molar-refractivity contribution < 1.29 is 19.1 Å². The minimum Gasteiger partial charge on any atom is -0.427 e. The minimum absolute atomic E-state index is 0.138. The molecule has 0 aromatic heterocycles. The Bertz CT molecular complexity index is 899. The second kappa shape index (κ2) is 8.99. The molecule has 3 rings (SSSR count). The normalized spacial score (nSPS) is 13.2. The summed E-state index contributed by atoms with van der Waals surface area (Å²) in [6.45, 7) is 1.65. The standard InChI is InChI=1S/C22H22N2O4/c1-15(25)28-20-4-2-3-18(13-20)22(27)23-14-17-7-10-19(11-8-17)24-21(26)12-9-16-5-6-16/h2-4,7-13,16H,5-6,14H2,1H3,(H,23,27)(H,24,26)/b12-9+. The molecule has 2 aromatic carbocycles. The number of ether oxygens (including phenoxy) is 1. The third-order valence-corrected chi connectivity index (χ3v) is 4.17. The van der Waals surface area contributed by atoms with E-state index in [4.69, 9.17) is 4.74 Å². The van der Waals surface area contributed by atoms with Gasteiger partial charge in [0, 0.05) is 24.7 Å². The topological polar surface area (TPSA) is 84.5 Å². The van der Waals surface area contributed by atoms with Crippen molar-refractivity contribution in [3.05, 3.63) is 71.8 Å². The Morgan fingerprint density at radius 3 is 2.54 bits per heavy atom. The summed E-state index contributed by atoms with van der Waals surface area (Å²) >= 11 is 0. The number of rotatable bonds is 7. The summed E-state index contributed by atoms with van der Waals surface area (Å²) in [4.78, 5) is 35.1. The van der Waals surface area contributed by atoms with E-state index >= 15 is 0 Å². The van der Waals surface area contributed by atoms with Crippen LogP contribution in [0.5, 0.6) is 5.75 Å². The van der Waals surface area contributed by atoms with Gasteiger partial charge in [-0.1, -0.05) is 24.3 Å². The second-order valence-electron chi connectivity index (χ2n) is 6.69. The van der Waals surface area contributed by atoms with Gasteiger partial charge in [-0.05, 0) is 60.7 Å². The molecule has 6 nitrogen and oxygen atoms in total. The van der Waals surface area contributed by atoms with Crippen LogP contribution in [0.3, 0.4) is 0 Å². The highest BCUT2D eigenvalue weighted by molar-refractivity contribution is 5.99. The summed E-state index contributed by atoms with van der Waals surface area (Å²) < 4.78 is 4.99. The molecule has 144 valence electrons. The van der Waals surface area contributed by atoms with Gasteiger partial charge in [0.2, 0.25) is 5.91 Å². The highest BCUT2D eigenvalue weighted by atomic mass is 16.5. The van der Waals surface area contributed by atoms with E-state index in [9.17, 15) is 14.4 Å². The largest absolute Gasteiger partial charge is 0.427 e. The molecule has 0 unspecified atom stereocenters. The number of hydrogen-bond donors (Lipinski definition) is 2. The van der Waals surface area contributed by atoms with Gasteiger partial charge in [-0.3, -0.25) is 14.4 Å². The fraction of sp³-hybridized carbons (Fsp3) is 0.227. The van der Waals surface area contributed by atoms with Gasteiger partial charge >= 0.3 is 5.97 Å². The van der Waals surface area contributed by atoms with Crippen molar-refractivity contribution in [3.8, 4) is 5.75 Å². The second-order valence-corrected chi connectivity index (χ2v) is 6.69. The average Bonchev–Trinajstić information content (AvgIpc) is 3.50. The van der Waals surface area contributed by atoms with Gasteiger partial charge in [0.25, 0.3) is 5.91 Å². The maximum atomic E-state index is 12.3. The maximum absolute atomic E-state index is 12.3. The van der Waals surface area contributed by atoms with Gasteiger partial charge in [0.05, 0.1) is 0 Å². The highest BCUT2D eigenvalue weighted by Crippen LogP contribution is 2.29. The lowest BCUT2D eigenvalue weighted by Gasteiger charge is -2.08. The van der Waals surface area contributed by atoms with Gasteiger partial charge in [-0.2, -0.15) is 0 Å². The van der Waals surface area contributed by atoms with Gasteiger partial charge < -0.3 is 15.4 Å². The molecule has 0 bridgehead atoms. The lowest BCUT2D eigenvalue weighted by molar-refractivity contribution is -0.131. The van der Waals surface area contributed by atoms with E-state index < -0.39 is 5.97 Å². The average molecular weight is 378 g/mol. The van der Waals surface area contributed by atoms with Crippen molar-refractivity contribution in [2.24, 2.45) is 5.92 Å². The van der Waals surface area contributed by atoms with E-state index in [0.29, 0.717) is 29.5 Å². The van der Waals surface area contributed by atoms with E-state index in [1.807, 2.05) is 18.2 Å². The molecule has 0 saturated heterocycles. The summed E-state index contributed by atoms with van der Waals surface area (Å²) in [7, 11) is 0. The number of nitrogens with one attached hydrogen (secondary N) is 2. The summed E-state index contributed by atoms with van der Waals surface area (Å²) in [5.41, 5.74) is 2.01. The van der Waals surface area contributed by atoms with Crippen molar-refractivity contribution in [1.29, 1.82) is 0 Å². The molecule has 2 amide bonds.